The molecule has 0 radical (unpaired) electrons. The molecule has 0 saturated heterocycles. The van der Waals surface area contributed by atoms with E-state index in [9.17, 15) is 19.1 Å². The van der Waals surface area contributed by atoms with Crippen LogP contribution in [0, 0.1) is 10.1 Å². The summed E-state index contributed by atoms with van der Waals surface area (Å²) in [5.74, 6) is 0.136. The molecule has 8 heteroatoms. The standard InChI is InChI=1S/C12H17N3O4S/c1-13-10-5-4-9(8-11(10)15(17)18)12(16)14-6-3-7-20(2)19/h4-5,8,13H,3,6-7H2,1-2H3,(H,14,16). The molecule has 0 saturated carbocycles. The predicted octanol–water partition coefficient (Wildman–Crippen LogP) is 1.13. The van der Waals surface area contributed by atoms with E-state index in [1.165, 1.54) is 18.2 Å². The van der Waals surface area contributed by atoms with E-state index in [1.807, 2.05) is 0 Å². The molecule has 110 valence electrons. The number of nitrogens with zero attached hydrogens (tertiary/aromatic N) is 1. The van der Waals surface area contributed by atoms with Crippen molar-refractivity contribution in [2.45, 2.75) is 6.42 Å². The molecule has 1 unspecified atom stereocenters. The van der Waals surface area contributed by atoms with E-state index in [2.05, 4.69) is 10.6 Å². The van der Waals surface area contributed by atoms with Gasteiger partial charge in [-0.15, -0.1) is 0 Å². The number of nitro groups is 1. The number of nitrogens with one attached hydrogen (secondary N) is 2. The number of carbonyl (C=O) groups is 1. The van der Waals surface area contributed by atoms with Crippen LogP contribution in [0.1, 0.15) is 16.8 Å². The fourth-order valence-corrected chi connectivity index (χ4v) is 2.17. The van der Waals surface area contributed by atoms with E-state index in [0.29, 0.717) is 24.4 Å². The summed E-state index contributed by atoms with van der Waals surface area (Å²) in [6, 6.07) is 4.25. The first kappa shape index (κ1) is 16.1. The van der Waals surface area contributed by atoms with Gasteiger partial charge in [0.2, 0.25) is 0 Å². The minimum absolute atomic E-state index is 0.144. The summed E-state index contributed by atoms with van der Waals surface area (Å²) in [6.45, 7) is 0.389. The maximum Gasteiger partial charge on any atom is 0.293 e. The lowest BCUT2D eigenvalue weighted by atomic mass is 10.1. The Balaban J connectivity index is 2.71. The number of rotatable bonds is 7. The zero-order valence-electron chi connectivity index (χ0n) is 11.3. The van der Waals surface area contributed by atoms with Crippen LogP contribution in [0.25, 0.3) is 0 Å². The smallest absolute Gasteiger partial charge is 0.293 e. The SMILES string of the molecule is CNc1ccc(C(=O)NCCCS(C)=O)cc1[N+](=O)[O-]. The summed E-state index contributed by atoms with van der Waals surface area (Å²) >= 11 is 0. The van der Waals surface area contributed by atoms with Crippen LogP contribution < -0.4 is 10.6 Å². The first-order valence-electron chi connectivity index (χ1n) is 6.00. The molecule has 1 aromatic rings. The highest BCUT2D eigenvalue weighted by Crippen LogP contribution is 2.24. The van der Waals surface area contributed by atoms with E-state index in [-0.39, 0.29) is 17.2 Å². The van der Waals surface area contributed by atoms with Crippen molar-refractivity contribution in [3.63, 3.8) is 0 Å². The Morgan fingerprint density at radius 3 is 2.70 bits per heavy atom. The summed E-state index contributed by atoms with van der Waals surface area (Å²) in [4.78, 5) is 22.2. The largest absolute Gasteiger partial charge is 0.383 e. The highest BCUT2D eigenvalue weighted by atomic mass is 32.2. The molecule has 20 heavy (non-hydrogen) atoms. The van der Waals surface area contributed by atoms with Gasteiger partial charge in [0.25, 0.3) is 11.6 Å². The Kier molecular flexibility index (Phi) is 6.10. The van der Waals surface area contributed by atoms with Gasteiger partial charge < -0.3 is 10.6 Å². The van der Waals surface area contributed by atoms with E-state index in [0.717, 1.165) is 0 Å². The highest BCUT2D eigenvalue weighted by Gasteiger charge is 2.16. The second kappa shape index (κ2) is 7.59. The van der Waals surface area contributed by atoms with Gasteiger partial charge >= 0.3 is 0 Å². The van der Waals surface area contributed by atoms with E-state index in [1.54, 1.807) is 13.3 Å². The molecule has 1 rings (SSSR count). The van der Waals surface area contributed by atoms with Crippen molar-refractivity contribution < 1.29 is 13.9 Å². The molecule has 2 N–H and O–H groups in total. The van der Waals surface area contributed by atoms with E-state index < -0.39 is 15.7 Å². The zero-order valence-corrected chi connectivity index (χ0v) is 12.2. The van der Waals surface area contributed by atoms with Crippen LogP contribution in [0.3, 0.4) is 0 Å². The molecule has 1 aromatic carbocycles. The van der Waals surface area contributed by atoms with Crippen LogP contribution in [0.5, 0.6) is 0 Å². The number of nitro benzene ring substituents is 1. The van der Waals surface area contributed by atoms with Crippen LogP contribution in [-0.2, 0) is 10.8 Å². The third-order valence-corrected chi connectivity index (χ3v) is 3.48. The van der Waals surface area contributed by atoms with E-state index in [4.69, 9.17) is 0 Å². The number of benzene rings is 1. The van der Waals surface area contributed by atoms with Gasteiger partial charge in [-0.2, -0.15) is 0 Å². The fraction of sp³-hybridized carbons (Fsp3) is 0.417. The average Bonchev–Trinajstić information content (AvgIpc) is 2.42. The van der Waals surface area contributed by atoms with Gasteiger partial charge in [-0.05, 0) is 18.6 Å². The molecule has 0 fully saturated rings. The summed E-state index contributed by atoms with van der Waals surface area (Å²) in [6.07, 6.45) is 2.20. The summed E-state index contributed by atoms with van der Waals surface area (Å²) in [7, 11) is 0.688. The molecule has 1 amide bonds. The van der Waals surface area contributed by atoms with Crippen LogP contribution in [0.2, 0.25) is 0 Å². The lowest BCUT2D eigenvalue weighted by Crippen LogP contribution is -2.25. The Morgan fingerprint density at radius 2 is 2.15 bits per heavy atom. The molecule has 0 bridgehead atoms. The van der Waals surface area contributed by atoms with Crippen molar-refractivity contribution >= 4 is 28.1 Å². The molecular formula is C12H17N3O4S. The minimum Gasteiger partial charge on any atom is -0.383 e. The third-order valence-electron chi connectivity index (χ3n) is 2.62. The normalized spacial score (nSPS) is 11.7. The maximum atomic E-state index is 11.8. The van der Waals surface area contributed by atoms with E-state index >= 15 is 0 Å². The van der Waals surface area contributed by atoms with Gasteiger partial charge in [0.05, 0.1) is 4.92 Å². The predicted molar refractivity (Wildman–Crippen MR) is 78.5 cm³/mol. The second-order valence-electron chi connectivity index (χ2n) is 4.13. The molecule has 0 aromatic heterocycles. The van der Waals surface area contributed by atoms with Gasteiger partial charge in [-0.1, -0.05) is 0 Å². The number of carbonyl (C=O) groups excluding carboxylic acids is 1. The molecule has 0 aliphatic carbocycles. The minimum atomic E-state index is -0.888. The van der Waals surface area contributed by atoms with Crippen molar-refractivity contribution in [2.24, 2.45) is 0 Å². The summed E-state index contributed by atoms with van der Waals surface area (Å²) in [5.41, 5.74) is 0.441. The third kappa shape index (κ3) is 4.61. The van der Waals surface area contributed by atoms with Gasteiger partial charge in [-0.25, -0.2) is 0 Å². The van der Waals surface area contributed by atoms with Crippen LogP contribution in [0.4, 0.5) is 11.4 Å². The zero-order chi connectivity index (χ0) is 15.1. The lowest BCUT2D eigenvalue weighted by Gasteiger charge is -2.06. The molecule has 0 heterocycles. The molecule has 0 aliphatic rings. The first-order valence-corrected chi connectivity index (χ1v) is 7.73. The quantitative estimate of drug-likeness (QED) is 0.446. The van der Waals surface area contributed by atoms with Crippen molar-refractivity contribution in [2.75, 3.05) is 30.9 Å². The van der Waals surface area contributed by atoms with Gasteiger partial charge in [0.1, 0.15) is 5.69 Å². The Bertz CT molecular complexity index is 533. The second-order valence-corrected chi connectivity index (χ2v) is 5.68. The highest BCUT2D eigenvalue weighted by molar-refractivity contribution is 7.84. The molecule has 1 atom stereocenters. The van der Waals surface area contributed by atoms with Gasteiger partial charge in [0.15, 0.2) is 0 Å². The topological polar surface area (TPSA) is 101 Å². The monoisotopic (exact) mass is 299 g/mol. The van der Waals surface area contributed by atoms with Crippen LogP contribution >= 0.6 is 0 Å². The number of amides is 1. The molecular weight excluding hydrogens is 282 g/mol. The van der Waals surface area contributed by atoms with Gasteiger partial charge in [0, 0.05) is 48.0 Å². The van der Waals surface area contributed by atoms with Crippen LogP contribution in [0.15, 0.2) is 18.2 Å². The molecule has 7 nitrogen and oxygen atoms in total. The van der Waals surface area contributed by atoms with Crippen molar-refractivity contribution in [3.8, 4) is 0 Å². The average molecular weight is 299 g/mol. The molecule has 0 spiro atoms. The lowest BCUT2D eigenvalue weighted by molar-refractivity contribution is -0.384. The van der Waals surface area contributed by atoms with Crippen molar-refractivity contribution in [1.82, 2.24) is 5.32 Å². The number of hydrogen-bond acceptors (Lipinski definition) is 5. The Morgan fingerprint density at radius 1 is 1.45 bits per heavy atom. The number of anilines is 1. The first-order chi connectivity index (χ1) is 9.45. The molecule has 0 aliphatic heterocycles. The van der Waals surface area contributed by atoms with Gasteiger partial charge in [-0.3, -0.25) is 19.1 Å². The number of hydrogen-bond donors (Lipinski definition) is 2. The Labute approximate surface area is 119 Å². The fourth-order valence-electron chi connectivity index (χ4n) is 1.61. The Hall–Kier alpha value is -1.96. The summed E-state index contributed by atoms with van der Waals surface area (Å²) < 4.78 is 10.9. The summed E-state index contributed by atoms with van der Waals surface area (Å²) in [5, 5.41) is 16.2. The van der Waals surface area contributed by atoms with Crippen molar-refractivity contribution in [3.05, 3.63) is 33.9 Å². The maximum absolute atomic E-state index is 11.8. The van der Waals surface area contributed by atoms with Crippen molar-refractivity contribution in [1.29, 1.82) is 0 Å². The van der Waals surface area contributed by atoms with Crippen LogP contribution in [-0.4, -0.2) is 40.6 Å².